The third kappa shape index (κ3) is 52.6. The summed E-state index contributed by atoms with van der Waals surface area (Å²) < 4.78 is 11.7. The molecule has 0 fully saturated rings. The third-order valence-electron chi connectivity index (χ3n) is 17.1. The Balaban J connectivity index is 4.48. The maximum Gasteiger partial charge on any atom is 0.305 e. The van der Waals surface area contributed by atoms with Gasteiger partial charge in [0.15, 0.2) is 0 Å². The van der Waals surface area contributed by atoms with E-state index in [-0.39, 0.29) is 11.9 Å². The highest BCUT2D eigenvalue weighted by Gasteiger charge is 2.18. The molecule has 2 amide bonds. The molecule has 0 N–H and O–H groups in total. The summed E-state index contributed by atoms with van der Waals surface area (Å²) in [6, 6.07) is 0. The van der Waals surface area contributed by atoms with Gasteiger partial charge in [0.1, 0.15) is 0 Å². The van der Waals surface area contributed by atoms with Gasteiger partial charge in [-0.05, 0) is 122 Å². The molecule has 0 radical (unpaired) electrons. The molecule has 0 aliphatic heterocycles. The van der Waals surface area contributed by atoms with Gasteiger partial charge in [0, 0.05) is 51.9 Å². The van der Waals surface area contributed by atoms with E-state index in [9.17, 15) is 19.2 Å². The van der Waals surface area contributed by atoms with E-state index in [1.807, 2.05) is 0 Å². The van der Waals surface area contributed by atoms with Crippen LogP contribution in [0.15, 0.2) is 0 Å². The first-order chi connectivity index (χ1) is 39.1. The molecule has 0 aromatic rings. The van der Waals surface area contributed by atoms with Gasteiger partial charge in [-0.25, -0.2) is 0 Å². The summed E-state index contributed by atoms with van der Waals surface area (Å²) in [7, 11) is 2.25. The molecule has 0 spiro atoms. The summed E-state index contributed by atoms with van der Waals surface area (Å²) in [6.45, 7) is 20.1. The molecule has 0 saturated heterocycles. The van der Waals surface area contributed by atoms with Crippen molar-refractivity contribution in [2.24, 2.45) is 11.8 Å². The summed E-state index contributed by atoms with van der Waals surface area (Å²) in [5.41, 5.74) is 0. The first-order valence-electron chi connectivity index (χ1n) is 35.7. The molecule has 2 unspecified atom stereocenters. The van der Waals surface area contributed by atoms with Crippen LogP contribution < -0.4 is 0 Å². The van der Waals surface area contributed by atoms with Crippen molar-refractivity contribution >= 4 is 23.8 Å². The van der Waals surface area contributed by atoms with Crippen LogP contribution in [0.4, 0.5) is 0 Å². The van der Waals surface area contributed by atoms with Crippen LogP contribution in [0.1, 0.15) is 363 Å². The molecule has 0 aromatic heterocycles. The Kier molecular flexibility index (Phi) is 59.7. The zero-order valence-corrected chi connectivity index (χ0v) is 55.0. The van der Waals surface area contributed by atoms with Gasteiger partial charge < -0.3 is 24.2 Å². The predicted molar refractivity (Wildman–Crippen MR) is 344 cm³/mol. The summed E-state index contributed by atoms with van der Waals surface area (Å²) in [5.74, 6) is 1.46. The van der Waals surface area contributed by atoms with Crippen LogP contribution in [0.3, 0.4) is 0 Å². The largest absolute Gasteiger partial charge is 0.465 e. The molecule has 80 heavy (non-hydrogen) atoms. The maximum atomic E-state index is 13.4. The Morgan fingerprint density at radius 3 is 0.825 bits per heavy atom. The van der Waals surface area contributed by atoms with Gasteiger partial charge in [0.25, 0.3) is 0 Å². The fraction of sp³-hybridized carbons (Fsp3) is 0.944. The number of amides is 2. The van der Waals surface area contributed by atoms with Crippen molar-refractivity contribution in [1.82, 2.24) is 14.7 Å². The van der Waals surface area contributed by atoms with Gasteiger partial charge in [-0.1, -0.05) is 247 Å². The molecule has 0 rings (SSSR count). The van der Waals surface area contributed by atoms with Crippen molar-refractivity contribution in [2.75, 3.05) is 59.5 Å². The van der Waals surface area contributed by atoms with Crippen LogP contribution >= 0.6 is 0 Å². The highest BCUT2D eigenvalue weighted by molar-refractivity contribution is 5.76. The number of ether oxygens (including phenoxy) is 2. The molecule has 2 atom stereocenters. The Hall–Kier alpha value is -2.16. The van der Waals surface area contributed by atoms with Crippen LogP contribution in [0.25, 0.3) is 0 Å². The Morgan fingerprint density at radius 1 is 0.275 bits per heavy atom. The molecule has 0 aromatic carbocycles. The fourth-order valence-electron chi connectivity index (χ4n) is 11.5. The van der Waals surface area contributed by atoms with E-state index < -0.39 is 0 Å². The summed E-state index contributed by atoms with van der Waals surface area (Å²) in [5, 5.41) is 0. The average molecular weight is 1130 g/mol. The average Bonchev–Trinajstić information content (AvgIpc) is 3.45. The smallest absolute Gasteiger partial charge is 0.305 e. The number of hydrogen-bond acceptors (Lipinski definition) is 7. The molecule has 9 nitrogen and oxygen atoms in total. The number of unbranched alkanes of at least 4 members (excludes halogenated alkanes) is 32. The normalized spacial score (nSPS) is 12.3. The quantitative estimate of drug-likeness (QED) is 0.0442. The number of esters is 2. The van der Waals surface area contributed by atoms with Crippen molar-refractivity contribution in [3.8, 4) is 0 Å². The molecule has 0 bridgehead atoms. The minimum absolute atomic E-state index is 0.0592. The van der Waals surface area contributed by atoms with Crippen molar-refractivity contribution in [3.05, 3.63) is 0 Å². The molecule has 0 aliphatic rings. The monoisotopic (exact) mass is 1130 g/mol. The lowest BCUT2D eigenvalue weighted by atomic mass is 9.95. The number of nitrogens with zero attached hydrogens (tertiary/aromatic N) is 3. The second-order valence-corrected chi connectivity index (χ2v) is 25.0. The molecule has 0 saturated carbocycles. The number of carbonyl (C=O) groups is 4. The molecule has 0 heterocycles. The van der Waals surface area contributed by atoms with Crippen LogP contribution in [0.2, 0.25) is 0 Å². The van der Waals surface area contributed by atoms with E-state index in [0.717, 1.165) is 103 Å². The first-order valence-corrected chi connectivity index (χ1v) is 35.7. The highest BCUT2D eigenvalue weighted by atomic mass is 16.5. The second kappa shape index (κ2) is 61.4. The van der Waals surface area contributed by atoms with Gasteiger partial charge in [-0.15, -0.1) is 0 Å². The Morgan fingerprint density at radius 2 is 0.500 bits per heavy atom. The predicted octanol–water partition coefficient (Wildman–Crippen LogP) is 20.5. The lowest BCUT2D eigenvalue weighted by Gasteiger charge is -2.23. The Labute approximate surface area is 498 Å². The highest BCUT2D eigenvalue weighted by Crippen LogP contribution is 2.22. The minimum atomic E-state index is -0.0592. The summed E-state index contributed by atoms with van der Waals surface area (Å²) in [6.07, 6.45) is 56.6. The number of hydrogen-bond donors (Lipinski definition) is 0. The zero-order valence-electron chi connectivity index (χ0n) is 55.0. The van der Waals surface area contributed by atoms with Crippen LogP contribution in [-0.2, 0) is 28.7 Å². The maximum absolute atomic E-state index is 13.4. The van der Waals surface area contributed by atoms with Gasteiger partial charge in [-0.3, -0.25) is 19.2 Å². The van der Waals surface area contributed by atoms with E-state index in [2.05, 4.69) is 63.3 Å². The summed E-state index contributed by atoms with van der Waals surface area (Å²) >= 11 is 0. The third-order valence-corrected chi connectivity index (χ3v) is 17.1. The van der Waals surface area contributed by atoms with Crippen LogP contribution in [-0.4, -0.2) is 98.0 Å². The van der Waals surface area contributed by atoms with Gasteiger partial charge in [0.05, 0.1) is 13.2 Å². The molecular formula is C71H139N3O6. The second-order valence-electron chi connectivity index (χ2n) is 25.0. The SMILES string of the molecule is CCCCCCCCC(CCCCCC)COC(=O)CCCCN(CCCCCC)C(=O)CCCCCCCN(C)CCCCCCCC(=O)N(CCCCCC)CCCCC(=O)OCC(CCCCCC)CCCCCCCC. The molecule has 474 valence electrons. The summed E-state index contributed by atoms with van der Waals surface area (Å²) in [4.78, 5) is 59.2. The van der Waals surface area contributed by atoms with E-state index in [4.69, 9.17) is 9.47 Å². The van der Waals surface area contributed by atoms with E-state index in [1.54, 1.807) is 0 Å². The molecule has 9 heteroatoms. The van der Waals surface area contributed by atoms with Crippen molar-refractivity contribution in [3.63, 3.8) is 0 Å². The van der Waals surface area contributed by atoms with E-state index >= 15 is 0 Å². The lowest BCUT2D eigenvalue weighted by molar-refractivity contribution is -0.146. The number of carbonyl (C=O) groups excluding carboxylic acids is 4. The Bertz CT molecular complexity index is 1250. The van der Waals surface area contributed by atoms with Crippen molar-refractivity contribution < 1.29 is 28.7 Å². The van der Waals surface area contributed by atoms with Crippen molar-refractivity contribution in [1.29, 1.82) is 0 Å². The van der Waals surface area contributed by atoms with Crippen molar-refractivity contribution in [2.45, 2.75) is 363 Å². The topological polar surface area (TPSA) is 96.5 Å². The van der Waals surface area contributed by atoms with Crippen LogP contribution in [0.5, 0.6) is 0 Å². The fourth-order valence-corrected chi connectivity index (χ4v) is 11.5. The standard InChI is InChI=1S/C71H139N3O6/c1-8-14-20-26-30-38-52-66(50-36-22-16-10-3)64-79-70(77)56-42-48-62-73(60-46-24-18-12-5)68(75)54-40-32-28-34-44-58-72(7)59-45-35-29-33-41-55-69(76)74(61-47-25-19-13-6)63-49-43-57-71(78)80-65-67(51-37-23-17-11-4)53-39-31-27-21-15-9-2/h66-67H,8-65H2,1-7H3. The molecule has 0 aliphatic carbocycles. The first kappa shape index (κ1) is 77.8. The van der Waals surface area contributed by atoms with Gasteiger partial charge in [0.2, 0.25) is 11.8 Å². The molecular weight excluding hydrogens is 991 g/mol. The van der Waals surface area contributed by atoms with Gasteiger partial charge in [-0.2, -0.15) is 0 Å². The number of rotatable bonds is 64. The minimum Gasteiger partial charge on any atom is -0.465 e. The lowest BCUT2D eigenvalue weighted by Crippen LogP contribution is -2.33. The van der Waals surface area contributed by atoms with Crippen LogP contribution in [0, 0.1) is 11.8 Å². The zero-order chi connectivity index (χ0) is 58.6. The van der Waals surface area contributed by atoms with E-state index in [0.29, 0.717) is 62.5 Å². The van der Waals surface area contributed by atoms with E-state index in [1.165, 1.54) is 231 Å². The van der Waals surface area contributed by atoms with Gasteiger partial charge >= 0.3 is 11.9 Å².